The van der Waals surface area contributed by atoms with Crippen LogP contribution in [0.1, 0.15) is 28.6 Å². The maximum atomic E-state index is 12.9. The Hall–Kier alpha value is -2.81. The van der Waals surface area contributed by atoms with Gasteiger partial charge < -0.3 is 20.8 Å². The van der Waals surface area contributed by atoms with E-state index in [9.17, 15) is 22.8 Å². The highest BCUT2D eigenvalue weighted by molar-refractivity contribution is 5.99. The van der Waals surface area contributed by atoms with Gasteiger partial charge in [-0.25, -0.2) is 0 Å². The second kappa shape index (κ2) is 7.39. The Morgan fingerprint density at radius 2 is 2.00 bits per heavy atom. The summed E-state index contributed by atoms with van der Waals surface area (Å²) in [6, 6.07) is 4.99. The molecule has 1 heterocycles. The zero-order valence-electron chi connectivity index (χ0n) is 13.2. The number of benzene rings is 1. The molecule has 2 rings (SSSR count). The van der Waals surface area contributed by atoms with Crippen LogP contribution in [0, 0.1) is 0 Å². The van der Waals surface area contributed by atoms with E-state index in [1.54, 1.807) is 0 Å². The van der Waals surface area contributed by atoms with E-state index in [-0.39, 0.29) is 23.6 Å². The van der Waals surface area contributed by atoms with Crippen molar-refractivity contribution in [1.82, 2.24) is 5.32 Å². The van der Waals surface area contributed by atoms with Crippen LogP contribution in [0.3, 0.4) is 0 Å². The molecule has 0 radical (unpaired) electrons. The molecule has 1 aromatic carbocycles. The van der Waals surface area contributed by atoms with Crippen molar-refractivity contribution in [1.29, 1.82) is 0 Å². The first-order valence-corrected chi connectivity index (χ1v) is 7.27. The summed E-state index contributed by atoms with van der Waals surface area (Å²) in [5.41, 5.74) is 4.64. The number of nitrogens with two attached hydrogens (primary N) is 1. The number of hydrogen-bond donors (Lipinski definition) is 3. The Morgan fingerprint density at radius 3 is 2.56 bits per heavy atom. The minimum Gasteiger partial charge on any atom is -0.459 e. The molecule has 1 unspecified atom stereocenters. The van der Waals surface area contributed by atoms with Crippen molar-refractivity contribution in [2.45, 2.75) is 25.7 Å². The fourth-order valence-electron chi connectivity index (χ4n) is 2.04. The van der Waals surface area contributed by atoms with Gasteiger partial charge >= 0.3 is 6.18 Å². The second-order valence-electron chi connectivity index (χ2n) is 5.28. The Labute approximate surface area is 141 Å². The Balaban J connectivity index is 2.10. The zero-order valence-corrected chi connectivity index (χ0v) is 13.2. The van der Waals surface area contributed by atoms with Crippen LogP contribution in [0.4, 0.5) is 18.9 Å². The maximum absolute atomic E-state index is 12.9. The standard InChI is InChI=1S/C16H16F3N3O3/c1-9(21-15(24)13-3-2-4-25-13)14(23)22-12-6-10(8-20)5-11(7-12)16(17,18)19/h2-7,9H,8,20H2,1H3,(H,21,24)(H,22,23). The summed E-state index contributed by atoms with van der Waals surface area (Å²) in [7, 11) is 0. The molecule has 134 valence electrons. The monoisotopic (exact) mass is 355 g/mol. The van der Waals surface area contributed by atoms with Crippen LogP contribution >= 0.6 is 0 Å². The highest BCUT2D eigenvalue weighted by Crippen LogP contribution is 2.32. The molecule has 6 nitrogen and oxygen atoms in total. The summed E-state index contributed by atoms with van der Waals surface area (Å²) in [5.74, 6) is -1.27. The lowest BCUT2D eigenvalue weighted by atomic mass is 10.1. The van der Waals surface area contributed by atoms with Crippen molar-refractivity contribution < 1.29 is 27.2 Å². The van der Waals surface area contributed by atoms with Crippen LogP contribution in [0.15, 0.2) is 41.0 Å². The number of amides is 2. The van der Waals surface area contributed by atoms with Crippen LogP contribution in [0.25, 0.3) is 0 Å². The number of halogens is 3. The van der Waals surface area contributed by atoms with Crippen LogP contribution in [-0.2, 0) is 17.5 Å². The van der Waals surface area contributed by atoms with Crippen molar-refractivity contribution in [3.05, 3.63) is 53.5 Å². The highest BCUT2D eigenvalue weighted by atomic mass is 19.4. The molecule has 0 saturated carbocycles. The summed E-state index contributed by atoms with van der Waals surface area (Å²) in [6.07, 6.45) is -3.26. The number of nitrogens with one attached hydrogen (secondary N) is 2. The third-order valence-corrected chi connectivity index (χ3v) is 3.31. The van der Waals surface area contributed by atoms with Crippen LogP contribution in [-0.4, -0.2) is 17.9 Å². The molecule has 0 spiro atoms. The van der Waals surface area contributed by atoms with Gasteiger partial charge in [0.1, 0.15) is 6.04 Å². The number of rotatable bonds is 5. The summed E-state index contributed by atoms with van der Waals surface area (Å²) < 4.78 is 43.6. The molecule has 1 atom stereocenters. The van der Waals surface area contributed by atoms with Crippen molar-refractivity contribution in [3.63, 3.8) is 0 Å². The predicted octanol–water partition coefficient (Wildman–Crippen LogP) is 2.51. The van der Waals surface area contributed by atoms with Gasteiger partial charge in [-0.2, -0.15) is 13.2 Å². The fraction of sp³-hybridized carbons (Fsp3) is 0.250. The normalized spacial score (nSPS) is 12.5. The Kier molecular flexibility index (Phi) is 5.48. The van der Waals surface area contributed by atoms with E-state index in [0.717, 1.165) is 12.1 Å². The van der Waals surface area contributed by atoms with Crippen molar-refractivity contribution in [3.8, 4) is 0 Å². The van der Waals surface area contributed by atoms with Gasteiger partial charge in [0.05, 0.1) is 11.8 Å². The van der Waals surface area contributed by atoms with Gasteiger partial charge in [-0.3, -0.25) is 9.59 Å². The Morgan fingerprint density at radius 1 is 1.28 bits per heavy atom. The van der Waals surface area contributed by atoms with E-state index in [1.165, 1.54) is 31.4 Å². The van der Waals surface area contributed by atoms with E-state index < -0.39 is 29.6 Å². The average Bonchev–Trinajstić information content (AvgIpc) is 3.08. The number of alkyl halides is 3. The molecule has 2 amide bonds. The molecule has 2 aromatic rings. The van der Waals surface area contributed by atoms with E-state index in [0.29, 0.717) is 0 Å². The molecule has 0 saturated heterocycles. The van der Waals surface area contributed by atoms with Gasteiger partial charge in [0.2, 0.25) is 5.91 Å². The van der Waals surface area contributed by atoms with Crippen LogP contribution in [0.5, 0.6) is 0 Å². The van der Waals surface area contributed by atoms with Gasteiger partial charge in [-0.1, -0.05) is 0 Å². The lowest BCUT2D eigenvalue weighted by molar-refractivity contribution is -0.137. The molecular formula is C16H16F3N3O3. The topological polar surface area (TPSA) is 97.4 Å². The van der Waals surface area contributed by atoms with Crippen LogP contribution in [0.2, 0.25) is 0 Å². The summed E-state index contributed by atoms with van der Waals surface area (Å²) in [5, 5.41) is 4.72. The second-order valence-corrected chi connectivity index (χ2v) is 5.28. The molecule has 0 aliphatic heterocycles. The molecule has 0 fully saturated rings. The maximum Gasteiger partial charge on any atom is 0.416 e. The van der Waals surface area contributed by atoms with E-state index in [1.807, 2.05) is 0 Å². The van der Waals surface area contributed by atoms with Gasteiger partial charge in [0.15, 0.2) is 5.76 Å². The molecule has 4 N–H and O–H groups in total. The number of furan rings is 1. The zero-order chi connectivity index (χ0) is 18.6. The molecular weight excluding hydrogens is 339 g/mol. The molecule has 1 aromatic heterocycles. The number of anilines is 1. The Bertz CT molecular complexity index is 758. The van der Waals surface area contributed by atoms with Crippen molar-refractivity contribution in [2.75, 3.05) is 5.32 Å². The summed E-state index contributed by atoms with van der Waals surface area (Å²) in [6.45, 7) is 1.28. The fourth-order valence-corrected chi connectivity index (χ4v) is 2.04. The largest absolute Gasteiger partial charge is 0.459 e. The highest BCUT2D eigenvalue weighted by Gasteiger charge is 2.31. The first kappa shape index (κ1) is 18.5. The third kappa shape index (κ3) is 4.83. The van der Waals surface area contributed by atoms with Gasteiger partial charge in [0, 0.05) is 12.2 Å². The molecule has 25 heavy (non-hydrogen) atoms. The van der Waals surface area contributed by atoms with Crippen molar-refractivity contribution in [2.24, 2.45) is 5.73 Å². The lowest BCUT2D eigenvalue weighted by Gasteiger charge is -2.16. The van der Waals surface area contributed by atoms with Gasteiger partial charge in [0.25, 0.3) is 5.91 Å². The number of carbonyl (C=O) groups excluding carboxylic acids is 2. The quantitative estimate of drug-likeness (QED) is 0.768. The van der Waals surface area contributed by atoms with E-state index in [2.05, 4.69) is 10.6 Å². The summed E-state index contributed by atoms with van der Waals surface area (Å²) >= 11 is 0. The van der Waals surface area contributed by atoms with Gasteiger partial charge in [-0.05, 0) is 42.8 Å². The smallest absolute Gasteiger partial charge is 0.416 e. The minimum absolute atomic E-state index is 0.0177. The molecule has 9 heteroatoms. The SMILES string of the molecule is CC(NC(=O)c1ccco1)C(=O)Nc1cc(CN)cc(C(F)(F)F)c1. The third-order valence-electron chi connectivity index (χ3n) is 3.31. The minimum atomic E-state index is -4.57. The lowest BCUT2D eigenvalue weighted by Crippen LogP contribution is -2.41. The predicted molar refractivity (Wildman–Crippen MR) is 83.6 cm³/mol. The molecule has 0 aliphatic carbocycles. The number of hydrogen-bond acceptors (Lipinski definition) is 4. The van der Waals surface area contributed by atoms with Gasteiger partial charge in [-0.15, -0.1) is 0 Å². The van der Waals surface area contributed by atoms with E-state index in [4.69, 9.17) is 10.2 Å². The average molecular weight is 355 g/mol. The van der Waals surface area contributed by atoms with E-state index >= 15 is 0 Å². The summed E-state index contributed by atoms with van der Waals surface area (Å²) in [4.78, 5) is 23.9. The van der Waals surface area contributed by atoms with Crippen molar-refractivity contribution >= 4 is 17.5 Å². The first-order valence-electron chi connectivity index (χ1n) is 7.27. The number of carbonyl (C=O) groups is 2. The van der Waals surface area contributed by atoms with Crippen LogP contribution < -0.4 is 16.4 Å². The first-order chi connectivity index (χ1) is 11.7. The molecule has 0 aliphatic rings. The molecule has 0 bridgehead atoms.